The Kier molecular flexibility index (Phi) is 38.9. The first-order valence-electron chi connectivity index (χ1n) is 30.6. The number of aliphatic hydroxyl groups is 11. The highest BCUT2D eigenvalue weighted by Crippen LogP contribution is 2.33. The minimum atomic E-state index is -1.98. The second kappa shape index (κ2) is 43.0. The third kappa shape index (κ3) is 26.7. The molecule has 0 saturated carbocycles. The summed E-state index contributed by atoms with van der Waals surface area (Å²) in [4.78, 5) is 13.3. The first-order valence-corrected chi connectivity index (χ1v) is 30.6. The lowest BCUT2D eigenvalue weighted by molar-refractivity contribution is -0.379. The fourth-order valence-corrected chi connectivity index (χ4v) is 10.4. The fraction of sp³-hybridized carbons (Fsp3) is 0.915. The molecule has 3 fully saturated rings. The van der Waals surface area contributed by atoms with Crippen molar-refractivity contribution in [1.82, 2.24) is 5.32 Å². The van der Waals surface area contributed by atoms with E-state index in [1.54, 1.807) is 6.08 Å². The number of rotatable bonds is 45. The van der Waals surface area contributed by atoms with Crippen LogP contribution in [0.15, 0.2) is 24.3 Å². The van der Waals surface area contributed by atoms with E-state index in [1.165, 1.54) is 141 Å². The van der Waals surface area contributed by atoms with E-state index >= 15 is 0 Å². The van der Waals surface area contributed by atoms with Gasteiger partial charge in [0.2, 0.25) is 5.91 Å². The molecule has 12 N–H and O–H groups in total. The summed E-state index contributed by atoms with van der Waals surface area (Å²) in [6, 6.07) is -0.984. The van der Waals surface area contributed by atoms with Crippen molar-refractivity contribution in [2.24, 2.45) is 0 Å². The summed E-state index contributed by atoms with van der Waals surface area (Å²) < 4.78 is 34.2. The van der Waals surface area contributed by atoms with Crippen LogP contribution in [0.4, 0.5) is 0 Å². The number of unbranched alkanes of at least 4 members (excludes halogenated alkanes) is 27. The van der Waals surface area contributed by atoms with Crippen molar-refractivity contribution in [3.8, 4) is 0 Å². The molecule has 3 aliphatic rings. The van der Waals surface area contributed by atoms with E-state index in [1.807, 2.05) is 6.08 Å². The van der Waals surface area contributed by atoms with Crippen molar-refractivity contribution in [2.75, 3.05) is 26.4 Å². The molecule has 19 nitrogen and oxygen atoms in total. The zero-order valence-electron chi connectivity index (χ0n) is 47.7. The maximum absolute atomic E-state index is 13.3. The molecule has 0 aromatic heterocycles. The average molecular weight is 1120 g/mol. The van der Waals surface area contributed by atoms with Gasteiger partial charge in [0.05, 0.1) is 38.6 Å². The third-order valence-corrected chi connectivity index (χ3v) is 15.5. The average Bonchev–Trinajstić information content (AvgIpc) is 3.46. The zero-order chi connectivity index (χ0) is 56.9. The summed E-state index contributed by atoms with van der Waals surface area (Å²) in [6.45, 7) is 1.71. The predicted octanol–water partition coefficient (Wildman–Crippen LogP) is 5.54. The molecule has 78 heavy (non-hydrogen) atoms. The molecule has 3 aliphatic heterocycles. The molecule has 3 heterocycles. The van der Waals surface area contributed by atoms with Gasteiger partial charge in [-0.15, -0.1) is 0 Å². The number of hydrogen-bond donors (Lipinski definition) is 12. The maximum atomic E-state index is 13.3. The Bertz CT molecular complexity index is 1530. The summed E-state index contributed by atoms with van der Waals surface area (Å²) in [7, 11) is 0. The summed E-state index contributed by atoms with van der Waals surface area (Å²) in [5.74, 6) is -0.284. The zero-order valence-corrected chi connectivity index (χ0v) is 47.7. The van der Waals surface area contributed by atoms with Crippen LogP contribution >= 0.6 is 0 Å². The molecule has 17 atom stereocenters. The Labute approximate surface area is 467 Å². The van der Waals surface area contributed by atoms with Gasteiger partial charge < -0.3 is 89.9 Å². The fourth-order valence-electron chi connectivity index (χ4n) is 10.4. The minimum absolute atomic E-state index is 0.240. The molecule has 458 valence electrons. The Morgan fingerprint density at radius 2 is 0.821 bits per heavy atom. The van der Waals surface area contributed by atoms with Crippen molar-refractivity contribution in [3.05, 3.63) is 24.3 Å². The van der Waals surface area contributed by atoms with Gasteiger partial charge in [0.25, 0.3) is 0 Å². The van der Waals surface area contributed by atoms with E-state index in [0.717, 1.165) is 38.5 Å². The smallest absolute Gasteiger partial charge is 0.220 e. The molecular weight excluding hydrogens is 1010 g/mol. The van der Waals surface area contributed by atoms with Crippen molar-refractivity contribution in [1.29, 1.82) is 0 Å². The normalized spacial score (nSPS) is 30.6. The van der Waals surface area contributed by atoms with E-state index in [0.29, 0.717) is 12.8 Å². The summed E-state index contributed by atoms with van der Waals surface area (Å²) >= 11 is 0. The maximum Gasteiger partial charge on any atom is 0.220 e. The van der Waals surface area contributed by atoms with E-state index in [9.17, 15) is 61.0 Å². The molecule has 0 radical (unpaired) electrons. The topological polar surface area (TPSA) is 307 Å². The summed E-state index contributed by atoms with van der Waals surface area (Å²) in [6.07, 6.45) is 17.3. The van der Waals surface area contributed by atoms with Crippen molar-refractivity contribution >= 4 is 5.91 Å². The number of aliphatic hydroxyl groups excluding tert-OH is 11. The number of allylic oxidation sites excluding steroid dienone is 3. The third-order valence-electron chi connectivity index (χ3n) is 15.5. The van der Waals surface area contributed by atoms with Gasteiger partial charge >= 0.3 is 0 Å². The molecule has 0 aromatic rings. The standard InChI is InChI=1S/C59H109NO18/c1-3-5-7-9-11-13-15-17-19-20-21-22-23-24-26-28-30-32-34-36-43(64)42(60-47(65)37-35-33-31-29-27-25-18-16-14-12-10-8-6-4-2)41-73-57-53(71)50(68)55(45(39-62)75-57)78-59-54(72)51(69)56(46(40-63)76-59)77-58-52(70)49(67)48(66)44(38-61)74-58/h26,28,34,36,42-46,48-59,61-64,66-72H,3-25,27,29-33,35,37-41H2,1-2H3,(H,60,65)/b28-26+,36-34+. The molecule has 0 bridgehead atoms. The lowest BCUT2D eigenvalue weighted by Gasteiger charge is -2.48. The second-order valence-electron chi connectivity index (χ2n) is 22.2. The highest BCUT2D eigenvalue weighted by molar-refractivity contribution is 5.76. The van der Waals surface area contributed by atoms with Gasteiger partial charge in [-0.05, 0) is 32.1 Å². The SMILES string of the molecule is CCCCCCCCCCCCCCC/C=C/CC/C=C/C(O)C(COC1OC(CO)C(OC2OC(CO)C(OC3OC(CO)C(O)C(O)C3O)C(O)C2O)C(O)C1O)NC(=O)CCCCCCCCCCCCCCCC. The summed E-state index contributed by atoms with van der Waals surface area (Å²) in [5.41, 5.74) is 0. The van der Waals surface area contributed by atoms with Gasteiger partial charge in [0.15, 0.2) is 18.9 Å². The van der Waals surface area contributed by atoms with Crippen molar-refractivity contribution in [3.63, 3.8) is 0 Å². The van der Waals surface area contributed by atoms with Gasteiger partial charge in [-0.1, -0.05) is 199 Å². The van der Waals surface area contributed by atoms with Gasteiger partial charge in [-0.25, -0.2) is 0 Å². The van der Waals surface area contributed by atoms with Crippen LogP contribution in [0.5, 0.6) is 0 Å². The Morgan fingerprint density at radius 3 is 1.28 bits per heavy atom. The van der Waals surface area contributed by atoms with E-state index in [-0.39, 0.29) is 18.9 Å². The largest absolute Gasteiger partial charge is 0.394 e. The number of nitrogens with one attached hydrogen (secondary N) is 1. The molecule has 19 heteroatoms. The number of carbonyl (C=O) groups is 1. The first-order chi connectivity index (χ1) is 37.8. The first kappa shape index (κ1) is 70.5. The van der Waals surface area contributed by atoms with E-state index in [2.05, 4.69) is 31.3 Å². The number of hydrogen-bond acceptors (Lipinski definition) is 18. The predicted molar refractivity (Wildman–Crippen MR) is 296 cm³/mol. The molecule has 3 saturated heterocycles. The highest BCUT2D eigenvalue weighted by Gasteiger charge is 2.53. The van der Waals surface area contributed by atoms with Crippen LogP contribution in [0, 0.1) is 0 Å². The molecule has 17 unspecified atom stereocenters. The Balaban J connectivity index is 1.51. The second-order valence-corrected chi connectivity index (χ2v) is 22.2. The van der Waals surface area contributed by atoms with Crippen LogP contribution in [0.1, 0.15) is 213 Å². The van der Waals surface area contributed by atoms with Gasteiger partial charge in [-0.2, -0.15) is 0 Å². The van der Waals surface area contributed by atoms with Crippen LogP contribution in [0.3, 0.4) is 0 Å². The van der Waals surface area contributed by atoms with Crippen LogP contribution in [0.25, 0.3) is 0 Å². The van der Waals surface area contributed by atoms with Crippen LogP contribution in [0.2, 0.25) is 0 Å². The van der Waals surface area contributed by atoms with Crippen LogP contribution < -0.4 is 5.32 Å². The van der Waals surface area contributed by atoms with Gasteiger partial charge in [-0.3, -0.25) is 4.79 Å². The molecule has 0 spiro atoms. The van der Waals surface area contributed by atoms with Gasteiger partial charge in [0.1, 0.15) is 73.2 Å². The Morgan fingerprint density at radius 1 is 0.449 bits per heavy atom. The van der Waals surface area contributed by atoms with Gasteiger partial charge in [0, 0.05) is 6.42 Å². The number of carbonyl (C=O) groups excluding carboxylic acids is 1. The Hall–Kier alpha value is -1.73. The van der Waals surface area contributed by atoms with Crippen molar-refractivity contribution < 1.29 is 89.4 Å². The van der Waals surface area contributed by atoms with E-state index < -0.39 is 124 Å². The van der Waals surface area contributed by atoms with E-state index in [4.69, 9.17) is 28.4 Å². The quantitative estimate of drug-likeness (QED) is 0.0263. The number of ether oxygens (including phenoxy) is 6. The molecular formula is C59H109NO18. The molecule has 1 amide bonds. The summed E-state index contributed by atoms with van der Waals surface area (Å²) in [5, 5.41) is 120. The molecule has 0 aliphatic carbocycles. The minimum Gasteiger partial charge on any atom is -0.394 e. The molecule has 3 rings (SSSR count). The van der Waals surface area contributed by atoms with Crippen LogP contribution in [-0.4, -0.2) is 193 Å². The monoisotopic (exact) mass is 1120 g/mol. The number of amides is 1. The highest BCUT2D eigenvalue weighted by atomic mass is 16.8. The lowest BCUT2D eigenvalue weighted by atomic mass is 9.96. The molecule has 0 aromatic carbocycles. The lowest BCUT2D eigenvalue weighted by Crippen LogP contribution is -2.66. The van der Waals surface area contributed by atoms with Crippen molar-refractivity contribution in [2.45, 2.75) is 317 Å². The van der Waals surface area contributed by atoms with Crippen LogP contribution in [-0.2, 0) is 33.2 Å².